The van der Waals surface area contributed by atoms with Crippen molar-refractivity contribution in [3.8, 4) is 22.9 Å². The third kappa shape index (κ3) is 5.81. The van der Waals surface area contributed by atoms with Crippen LogP contribution < -0.4 is 14.8 Å². The molecule has 1 amide bonds. The Labute approximate surface area is 164 Å². The first-order valence-electron chi connectivity index (χ1n) is 9.16. The Kier molecular flexibility index (Phi) is 6.95. The Morgan fingerprint density at radius 2 is 1.75 bits per heavy atom. The SMILES string of the molecule is COc1ccc(CCC(=O)NCCOc2ccc(-c3ccccc3)nn2)cc1. The third-order valence-electron chi connectivity index (χ3n) is 4.18. The molecule has 0 saturated heterocycles. The molecule has 0 fully saturated rings. The first-order valence-corrected chi connectivity index (χ1v) is 9.16. The summed E-state index contributed by atoms with van der Waals surface area (Å²) in [5.41, 5.74) is 2.89. The maximum Gasteiger partial charge on any atom is 0.233 e. The first kappa shape index (κ1) is 19.4. The van der Waals surface area contributed by atoms with Crippen LogP contribution >= 0.6 is 0 Å². The number of amides is 1. The zero-order valence-electron chi connectivity index (χ0n) is 15.8. The van der Waals surface area contributed by atoms with Crippen molar-refractivity contribution < 1.29 is 14.3 Å². The van der Waals surface area contributed by atoms with Crippen LogP contribution in [0, 0.1) is 0 Å². The number of nitrogens with one attached hydrogen (secondary N) is 1. The van der Waals surface area contributed by atoms with E-state index in [0.29, 0.717) is 31.9 Å². The van der Waals surface area contributed by atoms with E-state index in [1.807, 2.05) is 60.7 Å². The Balaban J connectivity index is 1.35. The Morgan fingerprint density at radius 3 is 2.43 bits per heavy atom. The maximum atomic E-state index is 11.9. The van der Waals surface area contributed by atoms with Gasteiger partial charge in [-0.05, 0) is 30.2 Å². The Bertz CT molecular complexity index is 866. The monoisotopic (exact) mass is 377 g/mol. The van der Waals surface area contributed by atoms with E-state index in [-0.39, 0.29) is 5.91 Å². The molecule has 1 heterocycles. The van der Waals surface area contributed by atoms with Gasteiger partial charge in [-0.2, -0.15) is 0 Å². The Hall–Kier alpha value is -3.41. The molecule has 3 aromatic rings. The summed E-state index contributed by atoms with van der Waals surface area (Å²) < 4.78 is 10.7. The predicted octanol–water partition coefficient (Wildman–Crippen LogP) is 3.28. The summed E-state index contributed by atoms with van der Waals surface area (Å²) in [5, 5.41) is 11.1. The number of methoxy groups -OCH3 is 1. The number of benzene rings is 2. The minimum atomic E-state index is -0.00933. The molecule has 3 rings (SSSR count). The smallest absolute Gasteiger partial charge is 0.233 e. The number of carbonyl (C=O) groups excluding carboxylic acids is 1. The molecular formula is C22H23N3O3. The maximum absolute atomic E-state index is 11.9. The van der Waals surface area contributed by atoms with Crippen LogP contribution in [0.3, 0.4) is 0 Å². The van der Waals surface area contributed by atoms with E-state index >= 15 is 0 Å². The minimum absolute atomic E-state index is 0.00933. The standard InChI is InChI=1S/C22H23N3O3/c1-27-19-10-7-17(8-11-19)9-13-21(26)23-15-16-28-22-14-12-20(24-25-22)18-5-3-2-4-6-18/h2-8,10-12,14H,9,13,15-16H2,1H3,(H,23,26). The van der Waals surface area contributed by atoms with E-state index in [1.54, 1.807) is 13.2 Å². The number of ether oxygens (including phenoxy) is 2. The normalized spacial score (nSPS) is 10.3. The lowest BCUT2D eigenvalue weighted by molar-refractivity contribution is -0.121. The second-order valence-electron chi connectivity index (χ2n) is 6.17. The number of hydrogen-bond donors (Lipinski definition) is 1. The summed E-state index contributed by atoms with van der Waals surface area (Å²) in [6, 6.07) is 21.2. The van der Waals surface area contributed by atoms with Crippen LogP contribution in [0.5, 0.6) is 11.6 Å². The molecule has 1 N–H and O–H groups in total. The predicted molar refractivity (Wildman–Crippen MR) is 107 cm³/mol. The summed E-state index contributed by atoms with van der Waals surface area (Å²) in [6.45, 7) is 0.761. The highest BCUT2D eigenvalue weighted by Gasteiger charge is 2.04. The van der Waals surface area contributed by atoms with Gasteiger partial charge in [0, 0.05) is 18.1 Å². The largest absolute Gasteiger partial charge is 0.497 e. The molecule has 6 nitrogen and oxygen atoms in total. The third-order valence-corrected chi connectivity index (χ3v) is 4.18. The van der Waals surface area contributed by atoms with Crippen molar-refractivity contribution >= 4 is 5.91 Å². The van der Waals surface area contributed by atoms with Gasteiger partial charge in [0.2, 0.25) is 11.8 Å². The fourth-order valence-electron chi connectivity index (χ4n) is 2.64. The highest BCUT2D eigenvalue weighted by molar-refractivity contribution is 5.76. The van der Waals surface area contributed by atoms with Gasteiger partial charge in [0.15, 0.2) is 0 Å². The van der Waals surface area contributed by atoms with Gasteiger partial charge >= 0.3 is 0 Å². The summed E-state index contributed by atoms with van der Waals surface area (Å²) in [4.78, 5) is 11.9. The minimum Gasteiger partial charge on any atom is -0.497 e. The first-order chi connectivity index (χ1) is 13.7. The van der Waals surface area contributed by atoms with Gasteiger partial charge in [0.1, 0.15) is 12.4 Å². The lowest BCUT2D eigenvalue weighted by atomic mass is 10.1. The van der Waals surface area contributed by atoms with Gasteiger partial charge in [0.25, 0.3) is 0 Å². The highest BCUT2D eigenvalue weighted by atomic mass is 16.5. The fraction of sp³-hybridized carbons (Fsp3) is 0.227. The van der Waals surface area contributed by atoms with E-state index in [4.69, 9.17) is 9.47 Å². The molecule has 2 aromatic carbocycles. The molecule has 0 unspecified atom stereocenters. The van der Waals surface area contributed by atoms with Gasteiger partial charge in [-0.1, -0.05) is 42.5 Å². The molecule has 0 spiro atoms. The lowest BCUT2D eigenvalue weighted by Gasteiger charge is -2.08. The molecule has 144 valence electrons. The van der Waals surface area contributed by atoms with Crippen LogP contribution in [0.4, 0.5) is 0 Å². The van der Waals surface area contributed by atoms with Gasteiger partial charge in [-0.25, -0.2) is 0 Å². The van der Waals surface area contributed by atoms with E-state index in [9.17, 15) is 4.79 Å². The van der Waals surface area contributed by atoms with Crippen molar-refractivity contribution in [2.24, 2.45) is 0 Å². The van der Waals surface area contributed by atoms with Crippen LogP contribution in [0.1, 0.15) is 12.0 Å². The zero-order valence-corrected chi connectivity index (χ0v) is 15.8. The van der Waals surface area contributed by atoms with E-state index in [2.05, 4.69) is 15.5 Å². The van der Waals surface area contributed by atoms with Gasteiger partial charge in [-0.3, -0.25) is 4.79 Å². The molecule has 0 radical (unpaired) electrons. The molecule has 0 aliphatic heterocycles. The molecule has 0 aliphatic carbocycles. The van der Waals surface area contributed by atoms with E-state index in [0.717, 1.165) is 22.6 Å². The number of rotatable bonds is 9. The number of hydrogen-bond acceptors (Lipinski definition) is 5. The number of carbonyl (C=O) groups is 1. The van der Waals surface area contributed by atoms with Crippen LogP contribution in [0.25, 0.3) is 11.3 Å². The second-order valence-corrected chi connectivity index (χ2v) is 6.17. The summed E-state index contributed by atoms with van der Waals surface area (Å²) in [7, 11) is 1.63. The van der Waals surface area contributed by atoms with Crippen molar-refractivity contribution in [3.05, 3.63) is 72.3 Å². The molecule has 28 heavy (non-hydrogen) atoms. The molecule has 0 saturated carbocycles. The number of nitrogens with zero attached hydrogens (tertiary/aromatic N) is 2. The molecule has 0 aliphatic rings. The van der Waals surface area contributed by atoms with Gasteiger partial charge < -0.3 is 14.8 Å². The summed E-state index contributed by atoms with van der Waals surface area (Å²) in [6.07, 6.45) is 1.11. The quantitative estimate of drug-likeness (QED) is 0.579. The average Bonchev–Trinajstić information content (AvgIpc) is 2.76. The van der Waals surface area contributed by atoms with Crippen LogP contribution in [-0.2, 0) is 11.2 Å². The molecule has 1 aromatic heterocycles. The number of aromatic nitrogens is 2. The van der Waals surface area contributed by atoms with Gasteiger partial charge in [-0.15, -0.1) is 10.2 Å². The van der Waals surface area contributed by atoms with Crippen LogP contribution in [-0.4, -0.2) is 36.4 Å². The topological polar surface area (TPSA) is 73.3 Å². The van der Waals surface area contributed by atoms with Crippen molar-refractivity contribution in [2.75, 3.05) is 20.3 Å². The van der Waals surface area contributed by atoms with E-state index < -0.39 is 0 Å². The molecule has 0 atom stereocenters. The van der Waals surface area contributed by atoms with Crippen molar-refractivity contribution in [1.82, 2.24) is 15.5 Å². The van der Waals surface area contributed by atoms with E-state index in [1.165, 1.54) is 0 Å². The number of aryl methyl sites for hydroxylation is 1. The molecule has 6 heteroatoms. The molecular weight excluding hydrogens is 354 g/mol. The van der Waals surface area contributed by atoms with Gasteiger partial charge in [0.05, 0.1) is 19.3 Å². The zero-order chi connectivity index (χ0) is 19.6. The van der Waals surface area contributed by atoms with Crippen molar-refractivity contribution in [3.63, 3.8) is 0 Å². The van der Waals surface area contributed by atoms with Crippen LogP contribution in [0.15, 0.2) is 66.7 Å². The lowest BCUT2D eigenvalue weighted by Crippen LogP contribution is -2.28. The second kappa shape index (κ2) is 10.1. The highest BCUT2D eigenvalue weighted by Crippen LogP contribution is 2.17. The average molecular weight is 377 g/mol. The summed E-state index contributed by atoms with van der Waals surface area (Å²) >= 11 is 0. The molecule has 0 bridgehead atoms. The fourth-order valence-corrected chi connectivity index (χ4v) is 2.64. The van der Waals surface area contributed by atoms with Crippen molar-refractivity contribution in [1.29, 1.82) is 0 Å². The Morgan fingerprint density at radius 1 is 0.964 bits per heavy atom. The van der Waals surface area contributed by atoms with Crippen molar-refractivity contribution in [2.45, 2.75) is 12.8 Å². The summed E-state index contributed by atoms with van der Waals surface area (Å²) in [5.74, 6) is 1.24. The van der Waals surface area contributed by atoms with Crippen LogP contribution in [0.2, 0.25) is 0 Å².